The number of aliphatic hydroxyl groups excluding tert-OH is 2. The summed E-state index contributed by atoms with van der Waals surface area (Å²) in [5, 5.41) is 20.7. The second-order valence-electron chi connectivity index (χ2n) is 21.5. The predicted octanol–water partition coefficient (Wildman–Crippen LogP) is 20.6. The highest BCUT2D eigenvalue weighted by atomic mass is 79.9. The summed E-state index contributed by atoms with van der Waals surface area (Å²) in [6.07, 6.45) is 1.12. The summed E-state index contributed by atoms with van der Waals surface area (Å²) in [4.78, 5) is 0. The zero-order valence-electron chi connectivity index (χ0n) is 45.4. The second-order valence-corrected chi connectivity index (χ2v) is 31.8. The molecule has 6 aromatic carbocycles. The summed E-state index contributed by atoms with van der Waals surface area (Å²) in [5.41, 5.74) is 6.91. The van der Waals surface area contributed by atoms with Gasteiger partial charge in [0, 0.05) is 32.3 Å². The van der Waals surface area contributed by atoms with Crippen LogP contribution in [0.25, 0.3) is 0 Å². The number of aliphatic hydroxyl groups is 2. The van der Waals surface area contributed by atoms with E-state index >= 15 is 0 Å². The van der Waals surface area contributed by atoms with Crippen LogP contribution in [0.3, 0.4) is 0 Å². The van der Waals surface area contributed by atoms with Gasteiger partial charge in [0.05, 0.1) is 64.5 Å². The molecule has 0 aromatic heterocycles. The first-order valence-electron chi connectivity index (χ1n) is 25.6. The third-order valence-corrected chi connectivity index (χ3v) is 21.7. The first-order valence-corrected chi connectivity index (χ1v) is 35.1. The molecule has 1 aliphatic heterocycles. The molecule has 0 bridgehead atoms. The van der Waals surface area contributed by atoms with E-state index in [4.69, 9.17) is 33.2 Å². The van der Waals surface area contributed by atoms with Gasteiger partial charge in [0.15, 0.2) is 0 Å². The molecule has 21 heteroatoms. The second kappa shape index (κ2) is 29.5. The maximum atomic E-state index is 10.9. The van der Waals surface area contributed by atoms with Gasteiger partial charge in [0.25, 0.3) is 0 Å². The maximum absolute atomic E-state index is 10.9. The molecule has 6 aromatic rings. The van der Waals surface area contributed by atoms with Crippen LogP contribution >= 0.6 is 191 Å². The Labute approximate surface area is 576 Å². The highest BCUT2D eigenvalue weighted by Gasteiger charge is 2.32. The van der Waals surface area contributed by atoms with E-state index in [0.29, 0.717) is 29.8 Å². The van der Waals surface area contributed by atoms with Gasteiger partial charge in [-0.3, -0.25) is 0 Å². The van der Waals surface area contributed by atoms with Crippen molar-refractivity contribution in [2.75, 3.05) is 53.4 Å². The minimum Gasteiger partial charge on any atom is -0.491 e. The fourth-order valence-corrected chi connectivity index (χ4v) is 16.7. The lowest BCUT2D eigenvalue weighted by Gasteiger charge is -2.28. The molecule has 438 valence electrons. The van der Waals surface area contributed by atoms with Crippen LogP contribution in [-0.2, 0) is 25.7 Å². The first-order chi connectivity index (χ1) is 38.0. The van der Waals surface area contributed by atoms with Gasteiger partial charge in [-0.15, -0.1) is 0 Å². The molecule has 0 amide bonds. The van der Waals surface area contributed by atoms with Gasteiger partial charge < -0.3 is 43.4 Å². The predicted molar refractivity (Wildman–Crippen MR) is 366 cm³/mol. The summed E-state index contributed by atoms with van der Waals surface area (Å²) in [6.45, 7) is 17.6. The van der Waals surface area contributed by atoms with Gasteiger partial charge in [-0.2, -0.15) is 0 Å². The Balaban J connectivity index is 0.000000261. The quantitative estimate of drug-likeness (QED) is 0.0606. The largest absolute Gasteiger partial charge is 0.491 e. The van der Waals surface area contributed by atoms with Gasteiger partial charge in [-0.25, -0.2) is 0 Å². The zero-order chi connectivity index (χ0) is 59.5. The van der Waals surface area contributed by atoms with Crippen LogP contribution in [0, 0.1) is 12.8 Å². The van der Waals surface area contributed by atoms with Crippen LogP contribution in [0.5, 0.6) is 28.7 Å². The van der Waals surface area contributed by atoms with E-state index in [1.165, 1.54) is 12.8 Å². The summed E-state index contributed by atoms with van der Waals surface area (Å²) >= 11 is 44.2. The molecule has 1 aliphatic carbocycles. The molecule has 1 saturated carbocycles. The normalized spacial score (nSPS) is 15.2. The van der Waals surface area contributed by atoms with E-state index in [1.807, 2.05) is 12.1 Å². The average molecular weight is 1880 g/mol. The minimum absolute atomic E-state index is 0.0325. The van der Waals surface area contributed by atoms with E-state index in [2.05, 4.69) is 300 Å². The maximum Gasteiger partial charge on any atom is 0.147 e. The molecule has 1 heterocycles. The number of benzene rings is 6. The topological polar surface area (TPSA) is 108 Å². The van der Waals surface area contributed by atoms with Gasteiger partial charge >= 0.3 is 0 Å². The van der Waals surface area contributed by atoms with E-state index in [0.717, 1.165) is 117 Å². The van der Waals surface area contributed by atoms with Crippen LogP contribution in [0.4, 0.5) is 0 Å². The molecule has 9 nitrogen and oxygen atoms in total. The van der Waals surface area contributed by atoms with Gasteiger partial charge in [0.2, 0.25) is 0 Å². The lowest BCUT2D eigenvalue weighted by molar-refractivity contribution is 0.0321. The fourth-order valence-electron chi connectivity index (χ4n) is 8.45. The third kappa shape index (κ3) is 17.6. The van der Waals surface area contributed by atoms with E-state index in [1.54, 1.807) is 7.11 Å². The Morgan fingerprint density at radius 3 is 0.889 bits per heavy atom. The Hall–Kier alpha value is -0.0800. The molecule has 2 N–H and O–H groups in total. The van der Waals surface area contributed by atoms with E-state index in [-0.39, 0.29) is 48.8 Å². The summed E-state index contributed by atoms with van der Waals surface area (Å²) in [7, 11) is 1.55. The number of methoxy groups -OCH3 is 1. The van der Waals surface area contributed by atoms with Gasteiger partial charge in [-0.05, 0) is 297 Å². The van der Waals surface area contributed by atoms with Gasteiger partial charge in [-0.1, -0.05) is 73.4 Å². The zero-order valence-corrected chi connectivity index (χ0v) is 64.4. The van der Waals surface area contributed by atoms with Crippen molar-refractivity contribution in [3.63, 3.8) is 0 Å². The van der Waals surface area contributed by atoms with Crippen molar-refractivity contribution in [1.82, 2.24) is 0 Å². The molecule has 3 atom stereocenters. The highest BCUT2D eigenvalue weighted by molar-refractivity contribution is 9.12. The monoisotopic (exact) mass is 1870 g/mol. The Bertz CT molecular complexity index is 3100. The lowest BCUT2D eigenvalue weighted by Crippen LogP contribution is -2.26. The molecule has 8 rings (SSSR count). The number of rotatable bonds is 23. The van der Waals surface area contributed by atoms with Crippen LogP contribution in [0.15, 0.2) is 126 Å². The number of epoxide rings is 1. The van der Waals surface area contributed by atoms with Crippen LogP contribution in [0.2, 0.25) is 0 Å². The molecule has 2 fully saturated rings. The summed E-state index contributed by atoms with van der Waals surface area (Å²) in [5.74, 6) is 4.17. The molecule has 2 aliphatic rings. The van der Waals surface area contributed by atoms with Crippen molar-refractivity contribution in [3.05, 3.63) is 165 Å². The standard InChI is InChI=1S/C37H34Br8O5.C23H26Br4O4/c1-18-25(38)6-19(7-26(18)39)36(2,3)20-8-27(40)33(28(41)9-20)48-14-23(46)15-49-34-29(42)10-21(11-30(34)43)37(4,5)22-12-31(44)35(32(45)13-22)50-17-24-16-47-24;1-23(2,14-6-17(24)21(18(25)7-14)30-10-13-4-5-13)15-8-19(26)22(20(27)9-15)31-12-16(28)11-29-3/h6-13,23-24,46H,14-17H2,1-5H3;6-9,13,16,28H,4-5,10-12H2,1-3H3. The van der Waals surface area contributed by atoms with Crippen LogP contribution in [-0.4, -0.2) is 81.9 Å². The van der Waals surface area contributed by atoms with Crippen molar-refractivity contribution >= 4 is 191 Å². The highest BCUT2D eigenvalue weighted by Crippen LogP contribution is 2.48. The van der Waals surface area contributed by atoms with Crippen molar-refractivity contribution in [2.24, 2.45) is 5.92 Å². The van der Waals surface area contributed by atoms with Crippen LogP contribution in [0.1, 0.15) is 93.3 Å². The van der Waals surface area contributed by atoms with Gasteiger partial charge in [0.1, 0.15) is 73.5 Å². The molecule has 0 radical (unpaired) electrons. The Morgan fingerprint density at radius 1 is 0.407 bits per heavy atom. The summed E-state index contributed by atoms with van der Waals surface area (Å²) in [6, 6.07) is 25.1. The molecule has 0 spiro atoms. The first kappa shape index (κ1) is 68.4. The smallest absolute Gasteiger partial charge is 0.147 e. The van der Waals surface area contributed by atoms with Crippen LogP contribution < -0.4 is 23.7 Å². The summed E-state index contributed by atoms with van der Waals surface area (Å²) < 4.78 is 50.7. The molecule has 3 unspecified atom stereocenters. The molecule has 81 heavy (non-hydrogen) atoms. The molecular weight excluding hydrogens is 1820 g/mol. The lowest BCUT2D eigenvalue weighted by atomic mass is 9.78. The third-order valence-electron chi connectivity index (χ3n) is 14.2. The Morgan fingerprint density at radius 2 is 0.642 bits per heavy atom. The van der Waals surface area contributed by atoms with Crippen molar-refractivity contribution in [2.45, 2.75) is 95.9 Å². The average Bonchev–Trinajstić information content (AvgIpc) is 4.34. The Kier molecular flexibility index (Phi) is 24.9. The van der Waals surface area contributed by atoms with Crippen molar-refractivity contribution in [3.8, 4) is 28.7 Å². The molecular formula is C60H60Br12O9. The number of ether oxygens (including phenoxy) is 7. The van der Waals surface area contributed by atoms with E-state index < -0.39 is 12.2 Å². The van der Waals surface area contributed by atoms with E-state index in [9.17, 15) is 10.2 Å². The number of hydrogen-bond donors (Lipinski definition) is 2. The van der Waals surface area contributed by atoms with Crippen molar-refractivity contribution < 1.29 is 43.4 Å². The SMILES string of the molecule is COCC(O)COc1c(Br)cc(C(C)(C)c2cc(Br)c(OCC3CC3)c(Br)c2)cc1Br.Cc1c(Br)cc(C(C)(C)c2cc(Br)c(OCC(O)COc3c(Br)cc(C(C)(C)c4cc(Br)c(OCC5CO5)c(Br)c4)cc3Br)c(Br)c2)cc1Br. The fraction of sp³-hybridized carbons (Fsp3) is 0.400. The minimum atomic E-state index is -0.885. The number of halogens is 12. The number of hydrogen-bond acceptors (Lipinski definition) is 9. The molecule has 1 saturated heterocycles. The van der Waals surface area contributed by atoms with Crippen molar-refractivity contribution in [1.29, 1.82) is 0 Å².